The number of rotatable bonds is 1. The van der Waals surface area contributed by atoms with Crippen molar-refractivity contribution in [1.29, 1.82) is 0 Å². The number of aromatic nitrogens is 1. The standard InChI is InChI=1S/C13H17F3N2/c1-7-4-8(2)9(3)18(6-7)13-11(15)5-10(14)12(16)17-13/h5,7-9H,4,6H2,1-3H3. The molecule has 1 aliphatic rings. The lowest BCUT2D eigenvalue weighted by Gasteiger charge is -2.41. The van der Waals surface area contributed by atoms with Crippen LogP contribution in [0.2, 0.25) is 0 Å². The number of hydrogen-bond acceptors (Lipinski definition) is 2. The van der Waals surface area contributed by atoms with Crippen LogP contribution in [-0.2, 0) is 0 Å². The second-order valence-corrected chi connectivity index (χ2v) is 5.28. The Morgan fingerprint density at radius 1 is 1.17 bits per heavy atom. The van der Waals surface area contributed by atoms with Crippen molar-refractivity contribution in [1.82, 2.24) is 4.98 Å². The molecule has 1 saturated heterocycles. The summed E-state index contributed by atoms with van der Waals surface area (Å²) in [6, 6.07) is 0.627. The second kappa shape index (κ2) is 4.78. The molecule has 1 aromatic rings. The highest BCUT2D eigenvalue weighted by molar-refractivity contribution is 5.42. The monoisotopic (exact) mass is 258 g/mol. The van der Waals surface area contributed by atoms with Gasteiger partial charge in [-0.15, -0.1) is 0 Å². The molecule has 0 radical (unpaired) electrons. The predicted octanol–water partition coefficient (Wildman–Crippen LogP) is 3.37. The van der Waals surface area contributed by atoms with Crippen LogP contribution in [0.3, 0.4) is 0 Å². The van der Waals surface area contributed by atoms with Crippen molar-refractivity contribution < 1.29 is 13.2 Å². The van der Waals surface area contributed by atoms with E-state index >= 15 is 0 Å². The summed E-state index contributed by atoms with van der Waals surface area (Å²) in [4.78, 5) is 5.16. The van der Waals surface area contributed by atoms with Gasteiger partial charge >= 0.3 is 0 Å². The Labute approximate surface area is 105 Å². The highest BCUT2D eigenvalue weighted by Crippen LogP contribution is 2.31. The van der Waals surface area contributed by atoms with Gasteiger partial charge < -0.3 is 4.90 Å². The molecule has 0 N–H and O–H groups in total. The Balaban J connectivity index is 2.38. The molecule has 18 heavy (non-hydrogen) atoms. The highest BCUT2D eigenvalue weighted by atomic mass is 19.2. The molecule has 0 saturated carbocycles. The number of pyridine rings is 1. The van der Waals surface area contributed by atoms with Crippen molar-refractivity contribution >= 4 is 5.82 Å². The molecule has 2 nitrogen and oxygen atoms in total. The molecule has 3 atom stereocenters. The Morgan fingerprint density at radius 2 is 1.83 bits per heavy atom. The minimum absolute atomic E-state index is 0.0630. The molecule has 3 unspecified atom stereocenters. The average Bonchev–Trinajstić information content (AvgIpc) is 2.29. The summed E-state index contributed by atoms with van der Waals surface area (Å²) in [7, 11) is 0. The minimum atomic E-state index is -1.25. The maximum Gasteiger partial charge on any atom is 0.251 e. The molecule has 2 heterocycles. The maximum absolute atomic E-state index is 13.7. The van der Waals surface area contributed by atoms with Crippen LogP contribution in [0, 0.1) is 29.4 Å². The first-order valence-corrected chi connectivity index (χ1v) is 6.18. The molecule has 1 aliphatic heterocycles. The van der Waals surface area contributed by atoms with Crippen LogP contribution in [-0.4, -0.2) is 17.6 Å². The SMILES string of the molecule is CC1CC(C)C(C)N(c2nc(F)c(F)cc2F)C1. The lowest BCUT2D eigenvalue weighted by atomic mass is 9.86. The molecular formula is C13H17F3N2. The molecule has 0 aliphatic carbocycles. The Kier molecular flexibility index (Phi) is 3.50. The largest absolute Gasteiger partial charge is 0.351 e. The fourth-order valence-corrected chi connectivity index (χ4v) is 2.63. The van der Waals surface area contributed by atoms with E-state index in [2.05, 4.69) is 18.8 Å². The van der Waals surface area contributed by atoms with Crippen molar-refractivity contribution in [2.75, 3.05) is 11.4 Å². The highest BCUT2D eigenvalue weighted by Gasteiger charge is 2.31. The minimum Gasteiger partial charge on any atom is -0.351 e. The van der Waals surface area contributed by atoms with E-state index in [1.807, 2.05) is 6.92 Å². The molecule has 5 heteroatoms. The summed E-state index contributed by atoms with van der Waals surface area (Å²) in [5.74, 6) is -2.64. The zero-order valence-corrected chi connectivity index (χ0v) is 10.8. The second-order valence-electron chi connectivity index (χ2n) is 5.28. The molecule has 1 aromatic heterocycles. The molecule has 0 spiro atoms. The van der Waals surface area contributed by atoms with Crippen LogP contribution in [0.5, 0.6) is 0 Å². The van der Waals surface area contributed by atoms with Gasteiger partial charge in [-0.3, -0.25) is 0 Å². The summed E-state index contributed by atoms with van der Waals surface area (Å²) in [6.45, 7) is 6.71. The fourth-order valence-electron chi connectivity index (χ4n) is 2.63. The smallest absolute Gasteiger partial charge is 0.251 e. The molecule has 0 aromatic carbocycles. The van der Waals surface area contributed by atoms with Gasteiger partial charge in [-0.2, -0.15) is 9.37 Å². The molecule has 100 valence electrons. The van der Waals surface area contributed by atoms with Crippen molar-refractivity contribution in [2.24, 2.45) is 11.8 Å². The van der Waals surface area contributed by atoms with Crippen molar-refractivity contribution in [3.63, 3.8) is 0 Å². The Morgan fingerprint density at radius 3 is 2.50 bits per heavy atom. The summed E-state index contributed by atoms with van der Waals surface area (Å²) >= 11 is 0. The third kappa shape index (κ3) is 2.31. The summed E-state index contributed by atoms with van der Waals surface area (Å²) in [5, 5.41) is 0. The van der Waals surface area contributed by atoms with Crippen molar-refractivity contribution in [2.45, 2.75) is 33.2 Å². The molecule has 0 amide bonds. The maximum atomic E-state index is 13.7. The third-order valence-electron chi connectivity index (χ3n) is 3.74. The lowest BCUT2D eigenvalue weighted by Crippen LogP contribution is -2.46. The van der Waals surface area contributed by atoms with Gasteiger partial charge in [0.15, 0.2) is 17.5 Å². The summed E-state index contributed by atoms with van der Waals surface area (Å²) in [5.41, 5.74) is 0. The van der Waals surface area contributed by atoms with Gasteiger partial charge in [0, 0.05) is 18.7 Å². The van der Waals surface area contributed by atoms with E-state index in [-0.39, 0.29) is 11.9 Å². The molecule has 0 bridgehead atoms. The van der Waals surface area contributed by atoms with Gasteiger partial charge in [0.25, 0.3) is 5.95 Å². The van der Waals surface area contributed by atoms with Gasteiger partial charge in [-0.05, 0) is 25.2 Å². The van der Waals surface area contributed by atoms with E-state index in [9.17, 15) is 13.2 Å². The molecule has 2 rings (SSSR count). The topological polar surface area (TPSA) is 16.1 Å². The van der Waals surface area contributed by atoms with E-state index in [4.69, 9.17) is 0 Å². The van der Waals surface area contributed by atoms with Crippen LogP contribution < -0.4 is 4.90 Å². The quantitative estimate of drug-likeness (QED) is 0.718. The Bertz CT molecular complexity index is 450. The van der Waals surface area contributed by atoms with E-state index < -0.39 is 17.6 Å². The van der Waals surface area contributed by atoms with E-state index in [0.717, 1.165) is 6.42 Å². The van der Waals surface area contributed by atoms with Gasteiger partial charge in [-0.1, -0.05) is 13.8 Å². The number of halogens is 3. The number of nitrogens with zero attached hydrogens (tertiary/aromatic N) is 2. The summed E-state index contributed by atoms with van der Waals surface area (Å²) in [6.07, 6.45) is 1.04. The van der Waals surface area contributed by atoms with Gasteiger partial charge in [0.1, 0.15) is 0 Å². The van der Waals surface area contributed by atoms with Crippen LogP contribution in [0.25, 0.3) is 0 Å². The third-order valence-corrected chi connectivity index (χ3v) is 3.74. The molecular weight excluding hydrogens is 241 g/mol. The van der Waals surface area contributed by atoms with Crippen LogP contribution in [0.4, 0.5) is 19.0 Å². The first-order valence-electron chi connectivity index (χ1n) is 6.18. The van der Waals surface area contributed by atoms with Crippen LogP contribution in [0.1, 0.15) is 27.2 Å². The fraction of sp³-hybridized carbons (Fsp3) is 0.615. The number of anilines is 1. The predicted molar refractivity (Wildman–Crippen MR) is 63.9 cm³/mol. The van der Waals surface area contributed by atoms with Crippen molar-refractivity contribution in [3.05, 3.63) is 23.6 Å². The van der Waals surface area contributed by atoms with E-state index in [0.29, 0.717) is 24.4 Å². The normalized spacial score (nSPS) is 28.6. The van der Waals surface area contributed by atoms with Gasteiger partial charge in [-0.25, -0.2) is 8.78 Å². The van der Waals surface area contributed by atoms with E-state index in [1.165, 1.54) is 0 Å². The number of piperidine rings is 1. The average molecular weight is 258 g/mol. The molecule has 1 fully saturated rings. The van der Waals surface area contributed by atoms with Crippen molar-refractivity contribution in [3.8, 4) is 0 Å². The van der Waals surface area contributed by atoms with Crippen LogP contribution >= 0.6 is 0 Å². The first-order chi connectivity index (χ1) is 8.40. The van der Waals surface area contributed by atoms with Gasteiger partial charge in [0.2, 0.25) is 0 Å². The zero-order valence-electron chi connectivity index (χ0n) is 10.8. The summed E-state index contributed by atoms with van der Waals surface area (Å²) < 4.78 is 39.8. The van der Waals surface area contributed by atoms with Gasteiger partial charge in [0.05, 0.1) is 0 Å². The first kappa shape index (κ1) is 13.2. The van der Waals surface area contributed by atoms with Crippen LogP contribution in [0.15, 0.2) is 6.07 Å². The number of hydrogen-bond donors (Lipinski definition) is 0. The Hall–Kier alpha value is -1.26. The lowest BCUT2D eigenvalue weighted by molar-refractivity contribution is 0.292. The van der Waals surface area contributed by atoms with E-state index in [1.54, 1.807) is 4.90 Å². The zero-order chi connectivity index (χ0) is 13.4.